The molecule has 2 aliphatic heterocycles. The van der Waals surface area contributed by atoms with Crippen LogP contribution in [0.2, 0.25) is 0 Å². The average molecular weight is 350 g/mol. The summed E-state index contributed by atoms with van der Waals surface area (Å²) in [5.41, 5.74) is 1.13. The van der Waals surface area contributed by atoms with Gasteiger partial charge in [0.25, 0.3) is 0 Å². The van der Waals surface area contributed by atoms with Crippen molar-refractivity contribution in [1.29, 1.82) is 0 Å². The van der Waals surface area contributed by atoms with Gasteiger partial charge in [0, 0.05) is 35.2 Å². The lowest BCUT2D eigenvalue weighted by molar-refractivity contribution is 0.0690. The van der Waals surface area contributed by atoms with Crippen LogP contribution in [0.1, 0.15) is 15.9 Å². The highest BCUT2D eigenvalue weighted by molar-refractivity contribution is 7.97. The molecule has 3 N–H and O–H groups in total. The zero-order valence-electron chi connectivity index (χ0n) is 12.3. The van der Waals surface area contributed by atoms with Crippen molar-refractivity contribution in [3.8, 4) is 16.9 Å². The summed E-state index contributed by atoms with van der Waals surface area (Å²) in [6.07, 6.45) is 0. The molecule has 0 saturated carbocycles. The molecule has 0 amide bonds. The first kappa shape index (κ1) is 15.2. The molecule has 124 valence electrons. The summed E-state index contributed by atoms with van der Waals surface area (Å²) < 4.78 is 36.9. The van der Waals surface area contributed by atoms with E-state index in [4.69, 9.17) is 9.84 Å². The number of carboxylic acids is 1. The van der Waals surface area contributed by atoms with Crippen molar-refractivity contribution in [2.45, 2.75) is 11.5 Å². The van der Waals surface area contributed by atoms with E-state index in [1.807, 2.05) is 0 Å². The Labute approximate surface area is 140 Å². The van der Waals surface area contributed by atoms with Crippen LogP contribution in [0.3, 0.4) is 0 Å². The highest BCUT2D eigenvalue weighted by atomic mass is 32.2. The van der Waals surface area contributed by atoms with Crippen molar-refractivity contribution < 1.29 is 23.4 Å². The fourth-order valence-corrected chi connectivity index (χ4v) is 3.62. The maximum atomic E-state index is 14.3. The van der Waals surface area contributed by atoms with Crippen LogP contribution >= 0.6 is 11.9 Å². The predicted molar refractivity (Wildman–Crippen MR) is 85.4 cm³/mol. The second kappa shape index (κ2) is 5.64. The van der Waals surface area contributed by atoms with Crippen LogP contribution in [0.15, 0.2) is 23.1 Å². The highest BCUT2D eigenvalue weighted by Crippen LogP contribution is 2.44. The van der Waals surface area contributed by atoms with Gasteiger partial charge in [0.2, 0.25) is 0 Å². The molecule has 24 heavy (non-hydrogen) atoms. The van der Waals surface area contributed by atoms with Crippen LogP contribution in [0.25, 0.3) is 11.1 Å². The Morgan fingerprint density at radius 2 is 2.00 bits per heavy atom. The van der Waals surface area contributed by atoms with Crippen molar-refractivity contribution in [3.05, 3.63) is 41.0 Å². The lowest BCUT2D eigenvalue weighted by Gasteiger charge is -2.23. The van der Waals surface area contributed by atoms with Crippen LogP contribution in [0, 0.1) is 11.6 Å². The van der Waals surface area contributed by atoms with Crippen LogP contribution in [0.5, 0.6) is 5.75 Å². The molecule has 2 aromatic rings. The molecule has 0 saturated heterocycles. The van der Waals surface area contributed by atoms with E-state index in [9.17, 15) is 13.6 Å². The molecule has 0 bridgehead atoms. The Bertz CT molecular complexity index is 873. The first-order chi connectivity index (χ1) is 11.6. The minimum atomic E-state index is -1.50. The number of aromatic carboxylic acids is 1. The van der Waals surface area contributed by atoms with Gasteiger partial charge in [-0.1, -0.05) is 0 Å². The number of ether oxygens (including phenoxy) is 1. The second-order valence-electron chi connectivity index (χ2n) is 5.44. The Kier molecular flexibility index (Phi) is 3.58. The number of carbonyl (C=O) groups is 1. The fourth-order valence-electron chi connectivity index (χ4n) is 2.84. The summed E-state index contributed by atoms with van der Waals surface area (Å²) in [5.74, 6) is -3.52. The number of fused-ring (bicyclic) bond motifs is 4. The number of nitrogens with one attached hydrogen (secondary N) is 2. The molecule has 0 atom stereocenters. The maximum Gasteiger partial charge on any atom is 0.338 e. The Morgan fingerprint density at radius 1 is 1.17 bits per heavy atom. The molecular formula is C16H12F2N2O3S. The third-order valence-electron chi connectivity index (χ3n) is 4.01. The number of benzene rings is 2. The lowest BCUT2D eigenvalue weighted by atomic mass is 9.93. The molecule has 0 aromatic heterocycles. The van der Waals surface area contributed by atoms with E-state index in [2.05, 4.69) is 10.0 Å². The number of hydrogen-bond acceptors (Lipinski definition) is 5. The van der Waals surface area contributed by atoms with Gasteiger partial charge >= 0.3 is 5.97 Å². The summed E-state index contributed by atoms with van der Waals surface area (Å²) in [6.45, 7) is 1.37. The molecule has 2 aliphatic rings. The summed E-state index contributed by atoms with van der Waals surface area (Å²) in [6, 6.07) is 4.77. The minimum absolute atomic E-state index is 0.0319. The quantitative estimate of drug-likeness (QED) is 0.686. The molecule has 2 aromatic carbocycles. The average Bonchev–Trinajstić information content (AvgIpc) is 2.80. The summed E-state index contributed by atoms with van der Waals surface area (Å²) in [5, 5.41) is 12.4. The first-order valence-electron chi connectivity index (χ1n) is 7.25. The van der Waals surface area contributed by atoms with E-state index in [0.29, 0.717) is 16.9 Å². The van der Waals surface area contributed by atoms with Gasteiger partial charge in [-0.25, -0.2) is 13.6 Å². The number of hydrogen-bond donors (Lipinski definition) is 3. The van der Waals surface area contributed by atoms with Crippen molar-refractivity contribution in [1.82, 2.24) is 4.72 Å². The molecule has 2 heterocycles. The molecule has 0 fully saturated rings. The minimum Gasteiger partial charge on any atom is -0.488 e. The Balaban J connectivity index is 1.94. The van der Waals surface area contributed by atoms with Gasteiger partial charge in [0.1, 0.15) is 12.4 Å². The zero-order valence-corrected chi connectivity index (χ0v) is 13.1. The lowest BCUT2D eigenvalue weighted by Crippen LogP contribution is -2.14. The molecule has 4 rings (SSSR count). The van der Waals surface area contributed by atoms with E-state index in [1.54, 1.807) is 12.1 Å². The molecule has 0 unspecified atom stereocenters. The maximum absolute atomic E-state index is 14.3. The molecular weight excluding hydrogens is 338 g/mol. The second-order valence-corrected chi connectivity index (χ2v) is 6.37. The number of carboxylic acid groups (broad SMARTS) is 1. The zero-order chi connectivity index (χ0) is 16.8. The van der Waals surface area contributed by atoms with Crippen molar-refractivity contribution in [2.75, 3.05) is 18.4 Å². The van der Waals surface area contributed by atoms with E-state index >= 15 is 0 Å². The Morgan fingerprint density at radius 3 is 2.79 bits per heavy atom. The van der Waals surface area contributed by atoms with Gasteiger partial charge < -0.3 is 15.2 Å². The van der Waals surface area contributed by atoms with E-state index in [1.165, 1.54) is 18.0 Å². The first-order valence-corrected chi connectivity index (χ1v) is 8.07. The SMILES string of the molecule is O=C(O)c1cc2c(c(F)c1F)COc1cc3c(cc1-2)SNCCN3. The largest absolute Gasteiger partial charge is 0.488 e. The van der Waals surface area contributed by atoms with E-state index in [-0.39, 0.29) is 12.2 Å². The Hall–Kier alpha value is -2.32. The molecule has 8 heteroatoms. The number of halogens is 2. The summed E-state index contributed by atoms with van der Waals surface area (Å²) in [7, 11) is 0. The topological polar surface area (TPSA) is 70.6 Å². The van der Waals surface area contributed by atoms with E-state index < -0.39 is 23.2 Å². The third kappa shape index (κ3) is 2.30. The predicted octanol–water partition coefficient (Wildman–Crippen LogP) is 3.24. The van der Waals surface area contributed by atoms with Crippen molar-refractivity contribution in [2.24, 2.45) is 0 Å². The van der Waals surface area contributed by atoms with Crippen LogP contribution in [-0.2, 0) is 6.61 Å². The monoisotopic (exact) mass is 350 g/mol. The van der Waals surface area contributed by atoms with Gasteiger partial charge in [-0.2, -0.15) is 0 Å². The standard InChI is InChI=1S/C16H12F2N2O3S/c17-14-9(16(21)22)3-7-8-4-13-11(19-1-2-20-24-13)5-12(8)23-6-10(7)15(14)18/h3-5,19-20H,1-2,6H2,(H,21,22). The highest BCUT2D eigenvalue weighted by Gasteiger charge is 2.28. The fraction of sp³-hybridized carbons (Fsp3) is 0.188. The molecule has 5 nitrogen and oxygen atoms in total. The smallest absolute Gasteiger partial charge is 0.338 e. The summed E-state index contributed by atoms with van der Waals surface area (Å²) >= 11 is 1.42. The van der Waals surface area contributed by atoms with Crippen LogP contribution in [-0.4, -0.2) is 24.2 Å². The normalized spacial score (nSPS) is 15.2. The van der Waals surface area contributed by atoms with E-state index in [0.717, 1.165) is 23.7 Å². The van der Waals surface area contributed by atoms with Crippen molar-refractivity contribution >= 4 is 23.6 Å². The van der Waals surface area contributed by atoms with Crippen LogP contribution in [0.4, 0.5) is 14.5 Å². The van der Waals surface area contributed by atoms with Gasteiger partial charge in [0.05, 0.1) is 11.3 Å². The number of anilines is 1. The van der Waals surface area contributed by atoms with Crippen LogP contribution < -0.4 is 14.8 Å². The third-order valence-corrected chi connectivity index (χ3v) is 4.91. The van der Waals surface area contributed by atoms with Gasteiger partial charge in [0.15, 0.2) is 11.6 Å². The number of rotatable bonds is 1. The van der Waals surface area contributed by atoms with Crippen molar-refractivity contribution in [3.63, 3.8) is 0 Å². The molecule has 0 spiro atoms. The van der Waals surface area contributed by atoms with Gasteiger partial charge in [-0.05, 0) is 29.6 Å². The van der Waals surface area contributed by atoms with Gasteiger partial charge in [-0.3, -0.25) is 4.72 Å². The van der Waals surface area contributed by atoms with Gasteiger partial charge in [-0.15, -0.1) is 0 Å². The molecule has 0 radical (unpaired) electrons. The summed E-state index contributed by atoms with van der Waals surface area (Å²) in [4.78, 5) is 12.1. The molecule has 0 aliphatic carbocycles.